The van der Waals surface area contributed by atoms with Gasteiger partial charge in [0.15, 0.2) is 5.78 Å². The maximum Gasteiger partial charge on any atom is 0.169 e. The van der Waals surface area contributed by atoms with E-state index in [9.17, 15) is 9.70 Å². The number of hydrogen-bond donors (Lipinski definition) is 0. The molecule has 2 aromatic rings. The molecular formula is C25H35NO3S. The highest BCUT2D eigenvalue weighted by Crippen LogP contribution is 2.44. The lowest BCUT2D eigenvalue weighted by Gasteiger charge is -2.32. The van der Waals surface area contributed by atoms with Crippen molar-refractivity contribution in [1.82, 2.24) is 0 Å². The monoisotopic (exact) mass is 429 g/mol. The lowest BCUT2D eigenvalue weighted by molar-refractivity contribution is 0.102. The molecule has 1 heterocycles. The van der Waals surface area contributed by atoms with Crippen molar-refractivity contribution in [3.8, 4) is 5.75 Å². The largest absolute Gasteiger partial charge is 0.491 e. The number of carbonyl (C=O) groups is 1. The molecule has 0 aliphatic rings. The SMILES string of the molecule is CCC(CC)(c1ccc(OCC(N=O)C(C)(C)C)c(C)c1)c1cc(C)c(C(C)=O)s1. The van der Waals surface area contributed by atoms with Gasteiger partial charge in [0, 0.05) is 10.3 Å². The molecule has 0 radical (unpaired) electrons. The summed E-state index contributed by atoms with van der Waals surface area (Å²) < 4.78 is 5.98. The fourth-order valence-corrected chi connectivity index (χ4v) is 5.35. The molecule has 0 fully saturated rings. The van der Waals surface area contributed by atoms with E-state index in [1.54, 1.807) is 18.3 Å². The van der Waals surface area contributed by atoms with Crippen LogP contribution in [-0.2, 0) is 5.41 Å². The van der Waals surface area contributed by atoms with Crippen molar-refractivity contribution in [2.24, 2.45) is 10.6 Å². The standard InChI is InChI=1S/C25H35NO3S/c1-9-25(10-2,22-14-17(4)23(30-22)18(5)27)19-11-12-20(16(3)13-19)29-15-21(26-28)24(6,7)8/h11-14,21H,9-10,15H2,1-8H3. The summed E-state index contributed by atoms with van der Waals surface area (Å²) in [5, 5.41) is 3.25. The van der Waals surface area contributed by atoms with E-state index in [0.717, 1.165) is 34.6 Å². The highest BCUT2D eigenvalue weighted by molar-refractivity contribution is 7.14. The van der Waals surface area contributed by atoms with E-state index in [-0.39, 0.29) is 23.2 Å². The van der Waals surface area contributed by atoms with E-state index in [0.29, 0.717) is 0 Å². The van der Waals surface area contributed by atoms with Crippen molar-refractivity contribution in [2.45, 2.75) is 79.7 Å². The zero-order valence-corrected chi connectivity index (χ0v) is 20.4. The van der Waals surface area contributed by atoms with Crippen LogP contribution in [0, 0.1) is 24.2 Å². The van der Waals surface area contributed by atoms with Crippen molar-refractivity contribution in [3.63, 3.8) is 0 Å². The Hall–Kier alpha value is -2.01. The first-order valence-corrected chi connectivity index (χ1v) is 11.5. The van der Waals surface area contributed by atoms with E-state index in [2.05, 4.69) is 37.2 Å². The second kappa shape index (κ2) is 9.42. The molecule has 1 aromatic carbocycles. The highest BCUT2D eigenvalue weighted by Gasteiger charge is 2.34. The molecule has 2 rings (SSSR count). The summed E-state index contributed by atoms with van der Waals surface area (Å²) >= 11 is 1.62. The Labute approximate surface area is 185 Å². The van der Waals surface area contributed by atoms with Crippen molar-refractivity contribution in [2.75, 3.05) is 6.61 Å². The van der Waals surface area contributed by atoms with Crippen LogP contribution >= 0.6 is 11.3 Å². The molecule has 0 amide bonds. The Morgan fingerprint density at radius 1 is 1.10 bits per heavy atom. The van der Waals surface area contributed by atoms with E-state index in [1.807, 2.05) is 40.7 Å². The topological polar surface area (TPSA) is 55.7 Å². The Balaban J connectivity index is 2.39. The van der Waals surface area contributed by atoms with Gasteiger partial charge in [-0.2, -0.15) is 4.91 Å². The summed E-state index contributed by atoms with van der Waals surface area (Å²) in [6.45, 7) is 16.3. The quantitative estimate of drug-likeness (QED) is 0.312. The minimum atomic E-state index is -0.402. The number of nitroso groups, excluding NO2 is 1. The zero-order valence-electron chi connectivity index (χ0n) is 19.6. The summed E-state index contributed by atoms with van der Waals surface area (Å²) in [5.41, 5.74) is 2.96. The smallest absolute Gasteiger partial charge is 0.169 e. The third kappa shape index (κ3) is 4.83. The fraction of sp³-hybridized carbons (Fsp3) is 0.560. The number of thiophene rings is 1. The van der Waals surface area contributed by atoms with Gasteiger partial charge in [0.2, 0.25) is 0 Å². The Morgan fingerprint density at radius 3 is 2.17 bits per heavy atom. The lowest BCUT2D eigenvalue weighted by atomic mass is 9.74. The van der Waals surface area contributed by atoms with Gasteiger partial charge in [-0.1, -0.05) is 51.9 Å². The van der Waals surface area contributed by atoms with Crippen LogP contribution < -0.4 is 4.74 Å². The molecule has 0 bridgehead atoms. The molecule has 0 N–H and O–H groups in total. The minimum Gasteiger partial charge on any atom is -0.491 e. The van der Waals surface area contributed by atoms with Crippen LogP contribution in [0.15, 0.2) is 29.4 Å². The normalized spacial score (nSPS) is 13.2. The Morgan fingerprint density at radius 2 is 1.73 bits per heavy atom. The summed E-state index contributed by atoms with van der Waals surface area (Å²) in [7, 11) is 0. The number of ketones is 1. The van der Waals surface area contributed by atoms with Crippen LogP contribution in [0.1, 0.15) is 85.6 Å². The maximum atomic E-state index is 12.0. The van der Waals surface area contributed by atoms with E-state index in [4.69, 9.17) is 4.74 Å². The molecule has 5 heteroatoms. The van der Waals surface area contributed by atoms with Gasteiger partial charge < -0.3 is 4.74 Å². The first kappa shape index (κ1) is 24.3. The van der Waals surface area contributed by atoms with Crippen molar-refractivity contribution >= 4 is 17.1 Å². The van der Waals surface area contributed by atoms with Crippen LogP contribution in [0.5, 0.6) is 5.75 Å². The van der Waals surface area contributed by atoms with Crippen molar-refractivity contribution in [3.05, 3.63) is 55.6 Å². The van der Waals surface area contributed by atoms with Gasteiger partial charge in [0.25, 0.3) is 0 Å². The molecular weight excluding hydrogens is 394 g/mol. The predicted octanol–water partition coefficient (Wildman–Crippen LogP) is 7.23. The van der Waals surface area contributed by atoms with E-state index < -0.39 is 6.04 Å². The van der Waals surface area contributed by atoms with Crippen molar-refractivity contribution in [1.29, 1.82) is 0 Å². The van der Waals surface area contributed by atoms with Gasteiger partial charge in [-0.25, -0.2) is 0 Å². The number of carbonyl (C=O) groups excluding carboxylic acids is 1. The second-order valence-electron chi connectivity index (χ2n) is 9.25. The molecule has 1 aromatic heterocycles. The lowest BCUT2D eigenvalue weighted by Crippen LogP contribution is -2.30. The van der Waals surface area contributed by atoms with E-state index >= 15 is 0 Å². The average Bonchev–Trinajstić information content (AvgIpc) is 3.06. The molecule has 1 unspecified atom stereocenters. The molecule has 164 valence electrons. The van der Waals surface area contributed by atoms with Gasteiger partial charge in [0.05, 0.1) is 4.88 Å². The molecule has 0 spiro atoms. The van der Waals surface area contributed by atoms with E-state index in [1.165, 1.54) is 10.4 Å². The molecule has 30 heavy (non-hydrogen) atoms. The van der Waals surface area contributed by atoms with Crippen LogP contribution in [-0.4, -0.2) is 18.4 Å². The molecule has 0 saturated carbocycles. The number of rotatable bonds is 9. The number of nitrogens with zero attached hydrogens (tertiary/aromatic N) is 1. The van der Waals surface area contributed by atoms with Gasteiger partial charge in [-0.15, -0.1) is 11.3 Å². The molecule has 0 aliphatic heterocycles. The van der Waals surface area contributed by atoms with Crippen LogP contribution in [0.4, 0.5) is 0 Å². The number of hydrogen-bond acceptors (Lipinski definition) is 5. The van der Waals surface area contributed by atoms with Crippen LogP contribution in [0.25, 0.3) is 0 Å². The second-order valence-corrected chi connectivity index (χ2v) is 10.3. The fourth-order valence-electron chi connectivity index (χ4n) is 3.93. The van der Waals surface area contributed by atoms with Crippen molar-refractivity contribution < 1.29 is 9.53 Å². The van der Waals surface area contributed by atoms with Gasteiger partial charge >= 0.3 is 0 Å². The van der Waals surface area contributed by atoms with Gasteiger partial charge in [-0.05, 0) is 67.9 Å². The minimum absolute atomic E-state index is 0.127. The van der Waals surface area contributed by atoms with Crippen LogP contribution in [0.3, 0.4) is 0 Å². The van der Waals surface area contributed by atoms with Gasteiger partial charge in [0.1, 0.15) is 18.4 Å². The average molecular weight is 430 g/mol. The Bertz CT molecular complexity index is 904. The third-order valence-corrected chi connectivity index (χ3v) is 7.71. The summed E-state index contributed by atoms with van der Waals surface area (Å²) in [6.07, 6.45) is 1.89. The molecule has 4 nitrogen and oxygen atoms in total. The molecule has 0 saturated heterocycles. The summed E-state index contributed by atoms with van der Waals surface area (Å²) in [5.74, 6) is 0.909. The number of aryl methyl sites for hydroxylation is 2. The first-order chi connectivity index (χ1) is 14.0. The Kier molecular flexibility index (Phi) is 7.62. The van der Waals surface area contributed by atoms with Crippen LogP contribution in [0.2, 0.25) is 0 Å². The third-order valence-electron chi connectivity index (χ3n) is 6.17. The zero-order chi connectivity index (χ0) is 22.7. The molecule has 1 atom stereocenters. The molecule has 0 aliphatic carbocycles. The highest BCUT2D eigenvalue weighted by atomic mass is 32.1. The summed E-state index contributed by atoms with van der Waals surface area (Å²) in [6, 6.07) is 8.09. The van der Waals surface area contributed by atoms with Gasteiger partial charge in [-0.3, -0.25) is 4.79 Å². The predicted molar refractivity (Wildman–Crippen MR) is 126 cm³/mol. The number of ether oxygens (including phenoxy) is 1. The summed E-state index contributed by atoms with van der Waals surface area (Å²) in [4.78, 5) is 25.3. The first-order valence-electron chi connectivity index (χ1n) is 10.7. The maximum absolute atomic E-state index is 12.0. The number of benzene rings is 1. The number of Topliss-reactive ketones (excluding diaryl/α,β-unsaturated/α-hetero) is 1.